The second-order valence-electron chi connectivity index (χ2n) is 5.46. The van der Waals surface area contributed by atoms with Gasteiger partial charge in [0.2, 0.25) is 0 Å². The Kier molecular flexibility index (Phi) is 4.01. The van der Waals surface area contributed by atoms with Gasteiger partial charge in [0.15, 0.2) is 0 Å². The third-order valence-corrected chi connectivity index (χ3v) is 3.88. The number of rotatable bonds is 3. The first-order chi connectivity index (χ1) is 10.2. The number of nitrogens with zero attached hydrogens (tertiary/aromatic N) is 2. The first-order valence-electron chi connectivity index (χ1n) is 7.28. The van der Waals surface area contributed by atoms with E-state index in [4.69, 9.17) is 16.2 Å². The zero-order valence-corrected chi connectivity index (χ0v) is 12.0. The fourth-order valence-corrected chi connectivity index (χ4v) is 2.82. The third-order valence-electron chi connectivity index (χ3n) is 3.88. The lowest BCUT2D eigenvalue weighted by Gasteiger charge is -2.23. The molecule has 0 saturated carbocycles. The highest BCUT2D eigenvalue weighted by Crippen LogP contribution is 2.30. The van der Waals surface area contributed by atoms with E-state index in [1.54, 1.807) is 12.3 Å². The highest BCUT2D eigenvalue weighted by atomic mass is 16.5. The van der Waals surface area contributed by atoms with Gasteiger partial charge in [-0.25, -0.2) is 9.97 Å². The smallest absolute Gasteiger partial charge is 0.127 e. The van der Waals surface area contributed by atoms with E-state index in [0.29, 0.717) is 17.6 Å². The molecule has 0 unspecified atom stereocenters. The van der Waals surface area contributed by atoms with Gasteiger partial charge in [0.25, 0.3) is 0 Å². The maximum atomic E-state index is 6.10. The van der Waals surface area contributed by atoms with Crippen LogP contribution in [0.5, 0.6) is 0 Å². The number of hydrogen-bond donors (Lipinski definition) is 2. The van der Waals surface area contributed by atoms with Gasteiger partial charge in [0, 0.05) is 30.5 Å². The molecule has 5 nitrogen and oxygen atoms in total. The summed E-state index contributed by atoms with van der Waals surface area (Å²) in [7, 11) is 0. The number of aromatic nitrogens is 2. The van der Waals surface area contributed by atoms with Crippen molar-refractivity contribution in [3.63, 3.8) is 0 Å². The van der Waals surface area contributed by atoms with E-state index in [2.05, 4.69) is 9.97 Å². The molecule has 21 heavy (non-hydrogen) atoms. The lowest BCUT2D eigenvalue weighted by atomic mass is 9.91. The summed E-state index contributed by atoms with van der Waals surface area (Å²) < 4.78 is 5.56. The Morgan fingerprint density at radius 3 is 2.90 bits per heavy atom. The summed E-state index contributed by atoms with van der Waals surface area (Å²) in [4.78, 5) is 8.63. The summed E-state index contributed by atoms with van der Waals surface area (Å²) in [5, 5.41) is 0. The van der Waals surface area contributed by atoms with Crippen LogP contribution in [0.25, 0.3) is 11.3 Å². The topological polar surface area (TPSA) is 87.0 Å². The van der Waals surface area contributed by atoms with Gasteiger partial charge in [-0.05, 0) is 43.4 Å². The highest BCUT2D eigenvalue weighted by Gasteiger charge is 2.19. The lowest BCUT2D eigenvalue weighted by Crippen LogP contribution is -2.20. The van der Waals surface area contributed by atoms with Gasteiger partial charge in [-0.15, -0.1) is 0 Å². The van der Waals surface area contributed by atoms with Crippen molar-refractivity contribution in [3.05, 3.63) is 36.0 Å². The zero-order chi connectivity index (χ0) is 14.7. The molecule has 5 heteroatoms. The van der Waals surface area contributed by atoms with Gasteiger partial charge in [-0.1, -0.05) is 6.07 Å². The molecule has 1 atom stereocenters. The molecule has 4 N–H and O–H groups in total. The number of nitrogens with two attached hydrogens (primary N) is 2. The molecule has 1 fully saturated rings. The van der Waals surface area contributed by atoms with Crippen LogP contribution in [0.2, 0.25) is 0 Å². The van der Waals surface area contributed by atoms with Crippen LogP contribution in [-0.4, -0.2) is 23.2 Å². The van der Waals surface area contributed by atoms with Gasteiger partial charge in [-0.3, -0.25) is 0 Å². The standard InChI is InChI=1S/C16H20N4O/c17-15-5-1-4-14(20-15)12-6-7-19-16(18)13(12)9-11-3-2-8-21-10-11/h1,4-7,11H,2-3,8-10H2,(H2,17,20)(H2,18,19)/t11-/m0/s1. The normalized spacial score (nSPS) is 18.6. The van der Waals surface area contributed by atoms with E-state index in [1.165, 1.54) is 0 Å². The van der Waals surface area contributed by atoms with Crippen molar-refractivity contribution < 1.29 is 4.74 Å². The monoisotopic (exact) mass is 284 g/mol. The molecular formula is C16H20N4O. The minimum Gasteiger partial charge on any atom is -0.384 e. The van der Waals surface area contributed by atoms with Crippen LogP contribution in [-0.2, 0) is 11.2 Å². The molecule has 3 rings (SSSR count). The highest BCUT2D eigenvalue weighted by molar-refractivity contribution is 5.69. The summed E-state index contributed by atoms with van der Waals surface area (Å²) in [6.45, 7) is 1.65. The van der Waals surface area contributed by atoms with Crippen molar-refractivity contribution in [2.24, 2.45) is 5.92 Å². The van der Waals surface area contributed by atoms with Gasteiger partial charge in [0.05, 0.1) is 5.69 Å². The van der Waals surface area contributed by atoms with E-state index >= 15 is 0 Å². The number of hydrogen-bond acceptors (Lipinski definition) is 5. The molecule has 110 valence electrons. The van der Waals surface area contributed by atoms with Gasteiger partial charge >= 0.3 is 0 Å². The van der Waals surface area contributed by atoms with E-state index < -0.39 is 0 Å². The number of ether oxygens (including phenoxy) is 1. The molecule has 2 aromatic heterocycles. The predicted octanol–water partition coefficient (Wildman–Crippen LogP) is 2.28. The first kappa shape index (κ1) is 13.8. The summed E-state index contributed by atoms with van der Waals surface area (Å²) in [6, 6.07) is 7.59. The van der Waals surface area contributed by atoms with Crippen molar-refractivity contribution in [1.29, 1.82) is 0 Å². The number of pyridine rings is 2. The molecule has 1 aliphatic rings. The Morgan fingerprint density at radius 1 is 1.24 bits per heavy atom. The quantitative estimate of drug-likeness (QED) is 0.903. The number of nitrogen functional groups attached to an aromatic ring is 2. The Bertz CT molecular complexity index is 623. The second kappa shape index (κ2) is 6.10. The van der Waals surface area contributed by atoms with E-state index in [0.717, 1.165) is 49.3 Å². The fraction of sp³-hybridized carbons (Fsp3) is 0.375. The van der Waals surface area contributed by atoms with Crippen molar-refractivity contribution in [2.75, 3.05) is 24.7 Å². The van der Waals surface area contributed by atoms with Crippen LogP contribution in [0.15, 0.2) is 30.5 Å². The van der Waals surface area contributed by atoms with Crippen molar-refractivity contribution >= 4 is 11.6 Å². The van der Waals surface area contributed by atoms with E-state index in [-0.39, 0.29) is 0 Å². The molecule has 2 aromatic rings. The summed E-state index contributed by atoms with van der Waals surface area (Å²) >= 11 is 0. The average molecular weight is 284 g/mol. The molecule has 0 aliphatic carbocycles. The summed E-state index contributed by atoms with van der Waals surface area (Å²) in [5.41, 5.74) is 14.8. The molecule has 1 aliphatic heterocycles. The van der Waals surface area contributed by atoms with Crippen molar-refractivity contribution in [3.8, 4) is 11.3 Å². The number of anilines is 2. The predicted molar refractivity (Wildman–Crippen MR) is 83.5 cm³/mol. The van der Waals surface area contributed by atoms with Gasteiger partial charge < -0.3 is 16.2 Å². The van der Waals surface area contributed by atoms with Crippen LogP contribution in [0.1, 0.15) is 18.4 Å². The minimum absolute atomic E-state index is 0.491. The van der Waals surface area contributed by atoms with E-state index in [1.807, 2.05) is 18.2 Å². The van der Waals surface area contributed by atoms with Crippen molar-refractivity contribution in [2.45, 2.75) is 19.3 Å². The molecular weight excluding hydrogens is 264 g/mol. The van der Waals surface area contributed by atoms with E-state index in [9.17, 15) is 0 Å². The second-order valence-corrected chi connectivity index (χ2v) is 5.46. The van der Waals surface area contributed by atoms with Crippen molar-refractivity contribution in [1.82, 2.24) is 9.97 Å². The Morgan fingerprint density at radius 2 is 2.14 bits per heavy atom. The Labute approximate surface area is 124 Å². The maximum Gasteiger partial charge on any atom is 0.127 e. The third kappa shape index (κ3) is 3.13. The van der Waals surface area contributed by atoms with Gasteiger partial charge in [-0.2, -0.15) is 0 Å². The maximum absolute atomic E-state index is 6.10. The molecule has 0 radical (unpaired) electrons. The lowest BCUT2D eigenvalue weighted by molar-refractivity contribution is 0.0551. The first-order valence-corrected chi connectivity index (χ1v) is 7.28. The van der Waals surface area contributed by atoms with Crippen LogP contribution in [0.4, 0.5) is 11.6 Å². The molecule has 0 amide bonds. The van der Waals surface area contributed by atoms with Crippen LogP contribution < -0.4 is 11.5 Å². The molecule has 0 spiro atoms. The molecule has 3 heterocycles. The zero-order valence-electron chi connectivity index (χ0n) is 12.0. The molecule has 0 bridgehead atoms. The van der Waals surface area contributed by atoms with Gasteiger partial charge in [0.1, 0.15) is 11.6 Å². The SMILES string of the molecule is Nc1cccc(-c2ccnc(N)c2C[C@@H]2CCCOC2)n1. The minimum atomic E-state index is 0.491. The van der Waals surface area contributed by atoms with Crippen LogP contribution >= 0.6 is 0 Å². The summed E-state index contributed by atoms with van der Waals surface area (Å²) in [6.07, 6.45) is 4.86. The summed E-state index contributed by atoms with van der Waals surface area (Å²) in [5.74, 6) is 1.57. The average Bonchev–Trinajstić information content (AvgIpc) is 2.50. The van der Waals surface area contributed by atoms with Crippen LogP contribution in [0, 0.1) is 5.92 Å². The molecule has 0 aromatic carbocycles. The fourth-order valence-electron chi connectivity index (χ4n) is 2.82. The largest absolute Gasteiger partial charge is 0.384 e. The molecule has 1 saturated heterocycles. The Balaban J connectivity index is 1.95. The Hall–Kier alpha value is -2.14. The van der Waals surface area contributed by atoms with Crippen LogP contribution in [0.3, 0.4) is 0 Å².